The number of carbonyl (C=O) groups is 1. The Bertz CT molecular complexity index is 547. The molecule has 6 heteroatoms. The lowest BCUT2D eigenvalue weighted by atomic mass is 9.93. The Morgan fingerprint density at radius 1 is 1.55 bits per heavy atom. The highest BCUT2D eigenvalue weighted by Gasteiger charge is 2.25. The van der Waals surface area contributed by atoms with Crippen LogP contribution in [0.2, 0.25) is 0 Å². The van der Waals surface area contributed by atoms with E-state index in [1.807, 2.05) is 4.90 Å². The zero-order valence-electron chi connectivity index (χ0n) is 11.7. The van der Waals surface area contributed by atoms with Gasteiger partial charge in [-0.05, 0) is 32.6 Å². The number of hydrogen-bond donors (Lipinski definition) is 2. The second-order valence-electron chi connectivity index (χ2n) is 5.56. The summed E-state index contributed by atoms with van der Waals surface area (Å²) in [5.74, 6) is 0.360. The number of nitrogen functional groups attached to an aromatic ring is 1. The molecule has 0 saturated heterocycles. The number of nitrogens with zero attached hydrogens (tertiary/aromatic N) is 2. The molecule has 108 valence electrons. The molecule has 1 aliphatic heterocycles. The van der Waals surface area contributed by atoms with Crippen LogP contribution in [0.5, 0.6) is 0 Å². The molecule has 1 amide bonds. The van der Waals surface area contributed by atoms with Crippen LogP contribution in [-0.4, -0.2) is 34.9 Å². The summed E-state index contributed by atoms with van der Waals surface area (Å²) in [7, 11) is 0. The van der Waals surface area contributed by atoms with E-state index in [2.05, 4.69) is 23.3 Å². The van der Waals surface area contributed by atoms with E-state index in [4.69, 9.17) is 5.73 Å². The zero-order valence-corrected chi connectivity index (χ0v) is 12.5. The number of rotatable bonds is 3. The number of nitrogens with one attached hydrogen (secondary N) is 1. The summed E-state index contributed by atoms with van der Waals surface area (Å²) < 4.78 is 0. The summed E-state index contributed by atoms with van der Waals surface area (Å²) >= 11 is 1.38. The van der Waals surface area contributed by atoms with Crippen LogP contribution in [-0.2, 0) is 0 Å². The van der Waals surface area contributed by atoms with Gasteiger partial charge in [-0.2, -0.15) is 0 Å². The lowest BCUT2D eigenvalue weighted by Crippen LogP contribution is -2.34. The van der Waals surface area contributed by atoms with Crippen molar-refractivity contribution in [2.45, 2.75) is 38.6 Å². The number of nitrogens with two attached hydrogens (primary N) is 1. The molecule has 1 aliphatic carbocycles. The van der Waals surface area contributed by atoms with E-state index < -0.39 is 0 Å². The Morgan fingerprint density at radius 2 is 2.35 bits per heavy atom. The molecule has 2 heterocycles. The molecular weight excluding hydrogens is 272 g/mol. The van der Waals surface area contributed by atoms with Crippen molar-refractivity contribution in [3.63, 3.8) is 0 Å². The molecule has 2 aliphatic rings. The molecule has 0 radical (unpaired) electrons. The van der Waals surface area contributed by atoms with E-state index in [9.17, 15) is 4.79 Å². The predicted molar refractivity (Wildman–Crippen MR) is 82.1 cm³/mol. The first-order valence-corrected chi connectivity index (χ1v) is 7.93. The molecule has 0 unspecified atom stereocenters. The summed E-state index contributed by atoms with van der Waals surface area (Å²) in [6, 6.07) is 0.504. The van der Waals surface area contributed by atoms with E-state index >= 15 is 0 Å². The van der Waals surface area contributed by atoms with Gasteiger partial charge in [0.1, 0.15) is 10.7 Å². The highest BCUT2D eigenvalue weighted by atomic mass is 32.1. The van der Waals surface area contributed by atoms with E-state index in [0.29, 0.717) is 23.3 Å². The third-order valence-corrected chi connectivity index (χ3v) is 4.99. The smallest absolute Gasteiger partial charge is 0.268 e. The minimum Gasteiger partial charge on any atom is -0.382 e. The molecule has 3 rings (SSSR count). The molecule has 1 fully saturated rings. The maximum atomic E-state index is 12.5. The summed E-state index contributed by atoms with van der Waals surface area (Å²) in [4.78, 5) is 19.2. The van der Waals surface area contributed by atoms with Crippen molar-refractivity contribution in [1.82, 2.24) is 9.88 Å². The monoisotopic (exact) mass is 292 g/mol. The van der Waals surface area contributed by atoms with Gasteiger partial charge in [0.15, 0.2) is 5.13 Å². The van der Waals surface area contributed by atoms with Crippen LogP contribution in [0.4, 0.5) is 10.9 Å². The molecule has 0 bridgehead atoms. The normalized spacial score (nSPS) is 19.4. The van der Waals surface area contributed by atoms with Crippen molar-refractivity contribution >= 4 is 28.2 Å². The molecule has 0 spiro atoms. The van der Waals surface area contributed by atoms with Crippen molar-refractivity contribution in [2.24, 2.45) is 0 Å². The van der Waals surface area contributed by atoms with Crippen molar-refractivity contribution in [2.75, 3.05) is 24.1 Å². The minimum absolute atomic E-state index is 0.00501. The molecule has 3 N–H and O–H groups in total. The van der Waals surface area contributed by atoms with Gasteiger partial charge in [0.2, 0.25) is 0 Å². The average molecular weight is 292 g/mol. The standard InChI is InChI=1S/C14H20N4OS/c1-9-5-7-18(8-6-9)13(19)11-12(15)17-14(20-11)16-10-3-2-4-10/h5,10H,2-4,6-8,15H2,1H3,(H,16,17). The zero-order chi connectivity index (χ0) is 14.1. The van der Waals surface area contributed by atoms with Gasteiger partial charge in [0.25, 0.3) is 5.91 Å². The lowest BCUT2D eigenvalue weighted by Gasteiger charge is -2.26. The van der Waals surface area contributed by atoms with Gasteiger partial charge in [-0.3, -0.25) is 4.79 Å². The Balaban J connectivity index is 1.70. The van der Waals surface area contributed by atoms with E-state index in [0.717, 1.165) is 18.1 Å². The van der Waals surface area contributed by atoms with E-state index in [-0.39, 0.29) is 5.91 Å². The van der Waals surface area contributed by atoms with Crippen LogP contribution < -0.4 is 11.1 Å². The molecular formula is C14H20N4OS. The molecule has 0 atom stereocenters. The molecule has 1 aromatic heterocycles. The topological polar surface area (TPSA) is 71.2 Å². The molecule has 20 heavy (non-hydrogen) atoms. The summed E-state index contributed by atoms with van der Waals surface area (Å²) in [6.45, 7) is 3.54. The first kappa shape index (κ1) is 13.4. The van der Waals surface area contributed by atoms with Crippen molar-refractivity contribution < 1.29 is 4.79 Å². The fraction of sp³-hybridized carbons (Fsp3) is 0.571. The first-order valence-electron chi connectivity index (χ1n) is 7.11. The number of anilines is 2. The Labute approximate surface area is 122 Å². The number of aromatic nitrogens is 1. The third-order valence-electron chi connectivity index (χ3n) is 4.00. The van der Waals surface area contributed by atoms with E-state index in [1.54, 1.807) is 0 Å². The molecule has 1 saturated carbocycles. The van der Waals surface area contributed by atoms with E-state index in [1.165, 1.54) is 36.2 Å². The fourth-order valence-electron chi connectivity index (χ4n) is 2.37. The number of thiazole rings is 1. The van der Waals surface area contributed by atoms with Crippen LogP contribution in [0.25, 0.3) is 0 Å². The van der Waals surface area contributed by atoms with Crippen LogP contribution in [0.1, 0.15) is 42.3 Å². The van der Waals surface area contributed by atoms with Gasteiger partial charge < -0.3 is 16.0 Å². The second-order valence-corrected chi connectivity index (χ2v) is 6.56. The summed E-state index contributed by atoms with van der Waals surface area (Å²) in [5.41, 5.74) is 7.25. The quantitative estimate of drug-likeness (QED) is 0.840. The highest BCUT2D eigenvalue weighted by Crippen LogP contribution is 2.30. The largest absolute Gasteiger partial charge is 0.382 e. The number of hydrogen-bond acceptors (Lipinski definition) is 5. The van der Waals surface area contributed by atoms with Gasteiger partial charge in [0.05, 0.1) is 0 Å². The van der Waals surface area contributed by atoms with Crippen LogP contribution in [0.15, 0.2) is 11.6 Å². The van der Waals surface area contributed by atoms with Gasteiger partial charge in [0, 0.05) is 19.1 Å². The maximum Gasteiger partial charge on any atom is 0.268 e. The highest BCUT2D eigenvalue weighted by molar-refractivity contribution is 7.18. The fourth-order valence-corrected chi connectivity index (χ4v) is 3.30. The van der Waals surface area contributed by atoms with Gasteiger partial charge >= 0.3 is 0 Å². The van der Waals surface area contributed by atoms with Crippen molar-refractivity contribution in [3.8, 4) is 0 Å². The molecule has 0 aromatic carbocycles. The first-order chi connectivity index (χ1) is 9.63. The van der Waals surface area contributed by atoms with Gasteiger partial charge in [-0.1, -0.05) is 23.0 Å². The molecule has 1 aromatic rings. The Kier molecular flexibility index (Phi) is 3.65. The van der Waals surface area contributed by atoms with Crippen LogP contribution in [0.3, 0.4) is 0 Å². The summed E-state index contributed by atoms with van der Waals surface area (Å²) in [6.07, 6.45) is 6.67. The van der Waals surface area contributed by atoms with Crippen LogP contribution >= 0.6 is 11.3 Å². The Hall–Kier alpha value is -1.56. The second kappa shape index (κ2) is 5.44. The van der Waals surface area contributed by atoms with Crippen LogP contribution in [0, 0.1) is 0 Å². The molecule has 5 nitrogen and oxygen atoms in total. The third kappa shape index (κ3) is 2.65. The SMILES string of the molecule is CC1=CCN(C(=O)c2sc(NC3CCC3)nc2N)CC1. The lowest BCUT2D eigenvalue weighted by molar-refractivity contribution is 0.0774. The summed E-state index contributed by atoms with van der Waals surface area (Å²) in [5, 5.41) is 4.13. The minimum atomic E-state index is 0.00501. The Morgan fingerprint density at radius 3 is 2.95 bits per heavy atom. The average Bonchev–Trinajstić information content (AvgIpc) is 2.75. The van der Waals surface area contributed by atoms with Gasteiger partial charge in [-0.25, -0.2) is 4.98 Å². The predicted octanol–water partition coefficient (Wildman–Crippen LogP) is 2.48. The number of carbonyl (C=O) groups excluding carboxylic acids is 1. The number of amides is 1. The van der Waals surface area contributed by atoms with Crippen molar-refractivity contribution in [1.29, 1.82) is 0 Å². The maximum absolute atomic E-state index is 12.5. The van der Waals surface area contributed by atoms with Gasteiger partial charge in [-0.15, -0.1) is 0 Å². The van der Waals surface area contributed by atoms with Crippen molar-refractivity contribution in [3.05, 3.63) is 16.5 Å².